The number of hydrogen-bond acceptors (Lipinski definition) is 5. The van der Waals surface area contributed by atoms with Crippen molar-refractivity contribution in [1.29, 1.82) is 0 Å². The molecule has 2 heterocycles. The fourth-order valence-corrected chi connectivity index (χ4v) is 6.11. The lowest BCUT2D eigenvalue weighted by Crippen LogP contribution is -2.46. The number of hydrogen-bond donors (Lipinski definition) is 2. The average molecular weight is 465 g/mol. The molecule has 2 N–H and O–H groups in total. The highest BCUT2D eigenvalue weighted by Gasteiger charge is 2.56. The first-order chi connectivity index (χ1) is 16.4. The number of benzene rings is 1. The first-order valence-electron chi connectivity index (χ1n) is 12.8. The molecule has 7 heteroatoms. The highest BCUT2D eigenvalue weighted by atomic mass is 16.5. The second-order valence-electron chi connectivity index (χ2n) is 9.75. The Balaban J connectivity index is 1.60. The predicted octanol–water partition coefficient (Wildman–Crippen LogP) is 4.58. The third-order valence-electron chi connectivity index (χ3n) is 7.75. The molecule has 4 rings (SSSR count). The van der Waals surface area contributed by atoms with Crippen LogP contribution >= 0.6 is 0 Å². The molecule has 3 aliphatic rings. The minimum Gasteiger partial charge on any atom is -0.507 e. The van der Waals surface area contributed by atoms with E-state index in [0.717, 1.165) is 36.8 Å². The Hall–Kier alpha value is -2.38. The van der Waals surface area contributed by atoms with Crippen LogP contribution in [-0.2, 0) is 14.2 Å². The van der Waals surface area contributed by atoms with Crippen molar-refractivity contribution < 1.29 is 24.4 Å². The molecule has 1 aromatic carbocycles. The maximum absolute atomic E-state index is 13.3. The molecule has 0 spiro atoms. The highest BCUT2D eigenvalue weighted by molar-refractivity contribution is 6.43. The van der Waals surface area contributed by atoms with Crippen LogP contribution in [0.15, 0.2) is 41.0 Å². The molecular weight excluding hydrogens is 429 g/mol. The van der Waals surface area contributed by atoms with Crippen LogP contribution in [-0.4, -0.2) is 46.6 Å². The number of para-hydroxylation sites is 1. The number of imide groups is 1. The van der Waals surface area contributed by atoms with Gasteiger partial charge in [0.25, 0.3) is 0 Å². The van der Waals surface area contributed by atoms with Crippen molar-refractivity contribution in [2.75, 3.05) is 6.54 Å². The van der Waals surface area contributed by atoms with Gasteiger partial charge in [0.1, 0.15) is 5.75 Å². The summed E-state index contributed by atoms with van der Waals surface area (Å²) in [5.74, 6) is -0.691. The van der Waals surface area contributed by atoms with Gasteiger partial charge >= 0.3 is 7.12 Å². The number of nitrogens with zero attached hydrogens (tertiary/aromatic N) is 1. The number of phenolic OH excluding ortho intramolecular Hbond substituents is 1. The molecule has 0 bridgehead atoms. The van der Waals surface area contributed by atoms with Crippen molar-refractivity contribution >= 4 is 25.0 Å². The standard InChI is InChI=1S/C27H36BNO5/c1-4-13-29-26(31)20-15-18(6-3)24-21(25(20)27(29)32)16-28(33)34-23(24)12-11-17(5-2)14-19-9-7-8-10-22(19)30/h7-10,14,20-21,23,25,30,33H,4-6,11-13,15-16H2,1-3H3/b17-14+/t20-,21+,23-,25-/m1/s1. The number of carbonyl (C=O) groups excluding carboxylic acids is 2. The van der Waals surface area contributed by atoms with Gasteiger partial charge in [0.05, 0.1) is 17.9 Å². The zero-order chi connectivity index (χ0) is 24.4. The topological polar surface area (TPSA) is 87.1 Å². The van der Waals surface area contributed by atoms with Crippen molar-refractivity contribution in [3.8, 4) is 5.75 Å². The fraction of sp³-hybridized carbons (Fsp3) is 0.556. The van der Waals surface area contributed by atoms with Crippen LogP contribution in [0.25, 0.3) is 6.08 Å². The Morgan fingerprint density at radius 3 is 2.62 bits per heavy atom. The van der Waals surface area contributed by atoms with Crippen LogP contribution in [0.4, 0.5) is 0 Å². The highest BCUT2D eigenvalue weighted by Crippen LogP contribution is 2.51. The van der Waals surface area contributed by atoms with E-state index < -0.39 is 7.12 Å². The molecule has 6 nitrogen and oxygen atoms in total. The molecule has 0 aromatic heterocycles. The second-order valence-corrected chi connectivity index (χ2v) is 9.75. The number of allylic oxidation sites excluding steroid dienone is 2. The van der Waals surface area contributed by atoms with E-state index >= 15 is 0 Å². The molecule has 2 saturated heterocycles. The van der Waals surface area contributed by atoms with Gasteiger partial charge in [-0.2, -0.15) is 0 Å². The van der Waals surface area contributed by atoms with Crippen molar-refractivity contribution in [2.45, 2.75) is 71.7 Å². The van der Waals surface area contributed by atoms with Crippen LogP contribution in [0.5, 0.6) is 5.75 Å². The van der Waals surface area contributed by atoms with E-state index in [0.29, 0.717) is 25.7 Å². The predicted molar refractivity (Wildman–Crippen MR) is 133 cm³/mol. The van der Waals surface area contributed by atoms with Crippen molar-refractivity contribution in [3.05, 3.63) is 46.5 Å². The molecule has 0 saturated carbocycles. The van der Waals surface area contributed by atoms with Crippen LogP contribution in [0.1, 0.15) is 64.9 Å². The summed E-state index contributed by atoms with van der Waals surface area (Å²) in [6, 6.07) is 7.29. The van der Waals surface area contributed by atoms with Gasteiger partial charge < -0.3 is 14.8 Å². The Labute approximate surface area is 202 Å². The summed E-state index contributed by atoms with van der Waals surface area (Å²) in [7, 11) is -0.939. The van der Waals surface area contributed by atoms with Gasteiger partial charge in [-0.05, 0) is 62.4 Å². The molecule has 182 valence electrons. The summed E-state index contributed by atoms with van der Waals surface area (Å²) in [5, 5.41) is 20.8. The van der Waals surface area contributed by atoms with E-state index in [1.165, 1.54) is 16.0 Å². The van der Waals surface area contributed by atoms with Gasteiger partial charge in [-0.25, -0.2) is 0 Å². The zero-order valence-electron chi connectivity index (χ0n) is 20.5. The van der Waals surface area contributed by atoms with Crippen molar-refractivity contribution in [2.24, 2.45) is 17.8 Å². The largest absolute Gasteiger partial charge is 0.507 e. The van der Waals surface area contributed by atoms with Gasteiger partial charge in [-0.15, -0.1) is 0 Å². The van der Waals surface area contributed by atoms with E-state index in [-0.39, 0.29) is 41.4 Å². The lowest BCUT2D eigenvalue weighted by molar-refractivity contribution is -0.140. The summed E-state index contributed by atoms with van der Waals surface area (Å²) in [6.07, 6.45) is 6.60. The summed E-state index contributed by atoms with van der Waals surface area (Å²) in [6.45, 7) is 6.64. The molecule has 2 fully saturated rings. The minimum absolute atomic E-state index is 0.0433. The molecular formula is C27H36BNO5. The lowest BCUT2D eigenvalue weighted by atomic mass is 9.58. The van der Waals surface area contributed by atoms with Gasteiger partial charge in [0.15, 0.2) is 0 Å². The van der Waals surface area contributed by atoms with Gasteiger partial charge in [0.2, 0.25) is 11.8 Å². The van der Waals surface area contributed by atoms with E-state index in [1.807, 2.05) is 31.2 Å². The summed E-state index contributed by atoms with van der Waals surface area (Å²) in [5.41, 5.74) is 4.34. The van der Waals surface area contributed by atoms with E-state index in [9.17, 15) is 19.7 Å². The molecule has 0 unspecified atom stereocenters. The molecule has 1 aliphatic carbocycles. The van der Waals surface area contributed by atoms with E-state index in [2.05, 4.69) is 13.8 Å². The monoisotopic (exact) mass is 465 g/mol. The van der Waals surface area contributed by atoms with Crippen LogP contribution in [0.3, 0.4) is 0 Å². The van der Waals surface area contributed by atoms with E-state index in [1.54, 1.807) is 6.07 Å². The molecule has 4 atom stereocenters. The fourth-order valence-electron chi connectivity index (χ4n) is 6.11. The van der Waals surface area contributed by atoms with Crippen molar-refractivity contribution in [1.82, 2.24) is 4.90 Å². The van der Waals surface area contributed by atoms with Crippen molar-refractivity contribution in [3.63, 3.8) is 0 Å². The smallest absolute Gasteiger partial charge is 0.455 e. The van der Waals surface area contributed by atoms with Gasteiger partial charge in [-0.1, -0.05) is 56.2 Å². The maximum atomic E-state index is 13.3. The number of rotatable bonds is 8. The van der Waals surface area contributed by atoms with Gasteiger partial charge in [-0.3, -0.25) is 14.5 Å². The quantitative estimate of drug-likeness (QED) is 0.333. The van der Waals surface area contributed by atoms with Crippen LogP contribution in [0, 0.1) is 17.8 Å². The number of amides is 2. The van der Waals surface area contributed by atoms with E-state index in [4.69, 9.17) is 4.65 Å². The summed E-state index contributed by atoms with van der Waals surface area (Å²) >= 11 is 0. The maximum Gasteiger partial charge on any atom is 0.455 e. The Kier molecular flexibility index (Phi) is 7.63. The number of phenols is 1. The normalized spacial score (nSPS) is 27.4. The SMILES string of the molecule is CCCN1C(=O)[C@@H]2[C@@H](CC(CC)=C3[C@@H](CC/C(=C/c4ccccc4O)CC)OB(O)C[C@@H]32)C1=O. The molecule has 2 aliphatic heterocycles. The molecule has 34 heavy (non-hydrogen) atoms. The third-order valence-corrected chi connectivity index (χ3v) is 7.75. The number of carbonyl (C=O) groups is 2. The molecule has 2 amide bonds. The number of fused-ring (bicyclic) bond motifs is 3. The minimum atomic E-state index is -0.939. The van der Waals surface area contributed by atoms with Gasteiger partial charge in [0, 0.05) is 12.1 Å². The molecule has 1 aromatic rings. The Bertz CT molecular complexity index is 1000. The third kappa shape index (κ3) is 4.60. The Morgan fingerprint density at radius 2 is 1.94 bits per heavy atom. The summed E-state index contributed by atoms with van der Waals surface area (Å²) in [4.78, 5) is 27.8. The van der Waals surface area contributed by atoms with Crippen LogP contribution in [0.2, 0.25) is 6.32 Å². The lowest BCUT2D eigenvalue weighted by Gasteiger charge is -2.43. The average Bonchev–Trinajstić information content (AvgIpc) is 3.07. The number of likely N-dealkylation sites (tertiary alicyclic amines) is 1. The Morgan fingerprint density at radius 1 is 1.18 bits per heavy atom. The first-order valence-corrected chi connectivity index (χ1v) is 12.8. The summed E-state index contributed by atoms with van der Waals surface area (Å²) < 4.78 is 6.05. The zero-order valence-corrected chi connectivity index (χ0v) is 20.5. The molecule has 0 radical (unpaired) electrons. The first kappa shape index (κ1) is 24.7. The number of aromatic hydroxyl groups is 1. The van der Waals surface area contributed by atoms with Crippen LogP contribution < -0.4 is 0 Å². The second kappa shape index (κ2) is 10.5.